The van der Waals surface area contributed by atoms with Gasteiger partial charge in [0, 0.05) is 17.2 Å². The van der Waals surface area contributed by atoms with Crippen LogP contribution in [0.2, 0.25) is 0 Å². The summed E-state index contributed by atoms with van der Waals surface area (Å²) in [4.78, 5) is 10.4. The molecule has 0 atom stereocenters. The molecule has 1 saturated carbocycles. The van der Waals surface area contributed by atoms with Crippen molar-refractivity contribution in [2.75, 3.05) is 6.61 Å². The maximum atomic E-state index is 9.22. The zero-order chi connectivity index (χ0) is 14.7. The van der Waals surface area contributed by atoms with Gasteiger partial charge in [0.15, 0.2) is 5.82 Å². The van der Waals surface area contributed by atoms with Crippen molar-refractivity contribution in [3.8, 4) is 0 Å². The van der Waals surface area contributed by atoms with Gasteiger partial charge >= 0.3 is 0 Å². The molecule has 0 spiro atoms. The topological polar surface area (TPSA) is 63.8 Å². The molecule has 2 aromatic rings. The Balaban J connectivity index is 1.74. The first-order valence-electron chi connectivity index (χ1n) is 7.71. The van der Waals surface area contributed by atoms with Crippen molar-refractivity contribution < 1.29 is 5.11 Å². The Labute approximate surface area is 129 Å². The van der Waals surface area contributed by atoms with E-state index in [0.29, 0.717) is 12.5 Å². The van der Waals surface area contributed by atoms with E-state index in [1.807, 2.05) is 17.1 Å². The molecule has 3 rings (SSSR count). The molecule has 2 aromatic heterocycles. The molecule has 1 aliphatic carbocycles. The summed E-state index contributed by atoms with van der Waals surface area (Å²) >= 11 is 1.70. The molecule has 1 fully saturated rings. The predicted octanol–water partition coefficient (Wildman–Crippen LogP) is 2.48. The first-order valence-corrected chi connectivity index (χ1v) is 8.59. The molecule has 0 amide bonds. The van der Waals surface area contributed by atoms with E-state index in [-0.39, 0.29) is 6.61 Å². The third-order valence-electron chi connectivity index (χ3n) is 4.22. The van der Waals surface area contributed by atoms with E-state index in [0.717, 1.165) is 30.2 Å². The van der Waals surface area contributed by atoms with Gasteiger partial charge in [0.25, 0.3) is 0 Å². The highest BCUT2D eigenvalue weighted by Gasteiger charge is 2.22. The van der Waals surface area contributed by atoms with Crippen LogP contribution in [0.1, 0.15) is 53.8 Å². The van der Waals surface area contributed by atoms with E-state index in [1.54, 1.807) is 11.3 Å². The van der Waals surface area contributed by atoms with Crippen LogP contribution >= 0.6 is 11.3 Å². The fraction of sp³-hybridized carbons (Fsp3) is 0.667. The normalized spacial score (nSPS) is 15.9. The Morgan fingerprint density at radius 1 is 1.33 bits per heavy atom. The van der Waals surface area contributed by atoms with Crippen molar-refractivity contribution in [3.63, 3.8) is 0 Å². The van der Waals surface area contributed by atoms with Crippen LogP contribution < -0.4 is 0 Å². The van der Waals surface area contributed by atoms with Gasteiger partial charge in [-0.3, -0.25) is 0 Å². The van der Waals surface area contributed by atoms with Crippen molar-refractivity contribution in [1.82, 2.24) is 19.7 Å². The fourth-order valence-electron chi connectivity index (χ4n) is 3.00. The lowest BCUT2D eigenvalue weighted by Crippen LogP contribution is -2.09. The maximum Gasteiger partial charge on any atom is 0.154 e. The molecule has 0 radical (unpaired) electrons. The second-order valence-corrected chi connectivity index (χ2v) is 6.61. The smallest absolute Gasteiger partial charge is 0.154 e. The van der Waals surface area contributed by atoms with Crippen molar-refractivity contribution in [2.45, 2.75) is 57.9 Å². The summed E-state index contributed by atoms with van der Waals surface area (Å²) in [5.41, 5.74) is 3.01. The van der Waals surface area contributed by atoms with E-state index in [2.05, 4.69) is 10.1 Å². The molecule has 2 heterocycles. The minimum atomic E-state index is 0.111. The molecule has 0 unspecified atom stereocenters. The van der Waals surface area contributed by atoms with Crippen molar-refractivity contribution in [2.24, 2.45) is 0 Å². The minimum absolute atomic E-state index is 0.111. The van der Waals surface area contributed by atoms with Crippen molar-refractivity contribution >= 4 is 11.3 Å². The molecular weight excluding hydrogens is 284 g/mol. The maximum absolute atomic E-state index is 9.22. The largest absolute Gasteiger partial charge is 0.394 e. The van der Waals surface area contributed by atoms with E-state index in [9.17, 15) is 5.11 Å². The summed E-state index contributed by atoms with van der Waals surface area (Å²) in [6.45, 7) is 2.70. The number of hydrogen-bond donors (Lipinski definition) is 1. The standard InChI is InChI=1S/C15H22N4OS/c1-11-13(21-10-16-11)6-7-14-17-15(12-4-2-3-5-12)18-19(14)8-9-20/h10,12,20H,2-9H2,1H3. The molecule has 0 aliphatic heterocycles. The summed E-state index contributed by atoms with van der Waals surface area (Å²) in [5.74, 6) is 2.50. The molecule has 21 heavy (non-hydrogen) atoms. The lowest BCUT2D eigenvalue weighted by molar-refractivity contribution is 0.266. The molecule has 0 aromatic carbocycles. The van der Waals surface area contributed by atoms with Gasteiger partial charge in [-0.05, 0) is 26.2 Å². The van der Waals surface area contributed by atoms with Gasteiger partial charge in [-0.1, -0.05) is 12.8 Å². The second-order valence-electron chi connectivity index (χ2n) is 5.68. The Morgan fingerprint density at radius 3 is 2.81 bits per heavy atom. The zero-order valence-corrected chi connectivity index (χ0v) is 13.3. The van der Waals surface area contributed by atoms with Gasteiger partial charge in [-0.2, -0.15) is 5.10 Å². The van der Waals surface area contributed by atoms with Gasteiger partial charge in [0.2, 0.25) is 0 Å². The number of aliphatic hydroxyl groups is 1. The molecule has 1 N–H and O–H groups in total. The van der Waals surface area contributed by atoms with Crippen LogP contribution in [0.5, 0.6) is 0 Å². The Bertz CT molecular complexity index is 586. The average molecular weight is 306 g/mol. The van der Waals surface area contributed by atoms with Gasteiger partial charge in [-0.15, -0.1) is 11.3 Å². The zero-order valence-electron chi connectivity index (χ0n) is 12.5. The Hall–Kier alpha value is -1.27. The quantitative estimate of drug-likeness (QED) is 0.890. The van der Waals surface area contributed by atoms with Crippen molar-refractivity contribution in [3.05, 3.63) is 27.7 Å². The number of aromatic nitrogens is 4. The Kier molecular flexibility index (Phi) is 4.65. The number of aliphatic hydroxyl groups excluding tert-OH is 1. The molecule has 6 heteroatoms. The predicted molar refractivity (Wildman–Crippen MR) is 82.6 cm³/mol. The first-order chi connectivity index (χ1) is 10.3. The second kappa shape index (κ2) is 6.66. The first kappa shape index (κ1) is 14.7. The van der Waals surface area contributed by atoms with Crippen LogP contribution in [0, 0.1) is 6.92 Å². The summed E-state index contributed by atoms with van der Waals surface area (Å²) < 4.78 is 1.89. The van der Waals surface area contributed by atoms with E-state index in [1.165, 1.54) is 30.6 Å². The minimum Gasteiger partial charge on any atom is -0.394 e. The van der Waals surface area contributed by atoms with Gasteiger partial charge < -0.3 is 5.11 Å². The summed E-state index contributed by atoms with van der Waals surface area (Å²) in [6.07, 6.45) is 6.80. The SMILES string of the molecule is Cc1ncsc1CCc1nc(C2CCCC2)nn1CCO. The lowest BCUT2D eigenvalue weighted by atomic mass is 10.1. The van der Waals surface area contributed by atoms with Crippen LogP contribution in [0.4, 0.5) is 0 Å². The van der Waals surface area contributed by atoms with Gasteiger partial charge in [-0.25, -0.2) is 14.6 Å². The van der Waals surface area contributed by atoms with E-state index in [4.69, 9.17) is 4.98 Å². The highest BCUT2D eigenvalue weighted by Crippen LogP contribution is 2.32. The number of hydrogen-bond acceptors (Lipinski definition) is 5. The molecule has 1 aliphatic rings. The third kappa shape index (κ3) is 3.32. The third-order valence-corrected chi connectivity index (χ3v) is 5.21. The number of aryl methyl sites for hydroxylation is 3. The summed E-state index contributed by atoms with van der Waals surface area (Å²) in [7, 11) is 0. The number of nitrogens with zero attached hydrogens (tertiary/aromatic N) is 4. The molecule has 5 nitrogen and oxygen atoms in total. The van der Waals surface area contributed by atoms with Gasteiger partial charge in [0.1, 0.15) is 5.82 Å². The Morgan fingerprint density at radius 2 is 2.14 bits per heavy atom. The van der Waals surface area contributed by atoms with E-state index >= 15 is 0 Å². The lowest BCUT2D eigenvalue weighted by Gasteiger charge is -2.03. The molecule has 0 bridgehead atoms. The molecule has 0 saturated heterocycles. The van der Waals surface area contributed by atoms with Crippen LogP contribution in [0.25, 0.3) is 0 Å². The highest BCUT2D eigenvalue weighted by molar-refractivity contribution is 7.09. The number of rotatable bonds is 6. The van der Waals surface area contributed by atoms with Crippen LogP contribution in [-0.4, -0.2) is 31.5 Å². The summed E-state index contributed by atoms with van der Waals surface area (Å²) in [5, 5.41) is 13.9. The average Bonchev–Trinajstić information content (AvgIpc) is 3.18. The van der Waals surface area contributed by atoms with Gasteiger partial charge in [0.05, 0.1) is 24.4 Å². The van der Waals surface area contributed by atoms with E-state index < -0.39 is 0 Å². The summed E-state index contributed by atoms with van der Waals surface area (Å²) in [6, 6.07) is 0. The monoisotopic (exact) mass is 306 g/mol. The van der Waals surface area contributed by atoms with Crippen molar-refractivity contribution in [1.29, 1.82) is 0 Å². The molecular formula is C15H22N4OS. The van der Waals surface area contributed by atoms with Crippen LogP contribution in [-0.2, 0) is 19.4 Å². The number of thiazole rings is 1. The van der Waals surface area contributed by atoms with Crippen LogP contribution in [0.3, 0.4) is 0 Å². The van der Waals surface area contributed by atoms with Crippen LogP contribution in [0.15, 0.2) is 5.51 Å². The fourth-order valence-corrected chi connectivity index (χ4v) is 3.78. The molecule has 114 valence electrons. The highest BCUT2D eigenvalue weighted by atomic mass is 32.1.